The fourth-order valence-corrected chi connectivity index (χ4v) is 10.4. The van der Waals surface area contributed by atoms with Crippen LogP contribution in [0.3, 0.4) is 0 Å². The number of benzene rings is 4. The number of phenolic OH excluding ortho intramolecular Hbond substituents is 2. The Balaban J connectivity index is 0.757. The van der Waals surface area contributed by atoms with Crippen LogP contribution in [-0.4, -0.2) is 181 Å². The third-order valence-corrected chi connectivity index (χ3v) is 15.1. The smallest absolute Gasteiger partial charge is 0.289 e. The van der Waals surface area contributed by atoms with E-state index >= 15 is 0 Å². The first-order chi connectivity index (χ1) is 39.9. The first-order valence-corrected chi connectivity index (χ1v) is 28.4. The van der Waals surface area contributed by atoms with Crippen LogP contribution in [0.15, 0.2) is 72.8 Å². The maximum atomic E-state index is 13.3. The highest BCUT2D eigenvalue weighted by atomic mass is 16.5. The molecule has 442 valence electrons. The predicted octanol–water partition coefficient (Wildman–Crippen LogP) is 4.96. The maximum absolute atomic E-state index is 13.3. The number of amides is 5. The lowest BCUT2D eigenvalue weighted by molar-refractivity contribution is -0.133. The van der Waals surface area contributed by atoms with E-state index in [1.165, 1.54) is 0 Å². The summed E-state index contributed by atoms with van der Waals surface area (Å²) < 4.78 is 14.3. The van der Waals surface area contributed by atoms with E-state index in [0.717, 1.165) is 22.3 Å². The summed E-state index contributed by atoms with van der Waals surface area (Å²) in [4.78, 5) is 74.0. The van der Waals surface area contributed by atoms with Gasteiger partial charge in [-0.05, 0) is 90.8 Å². The molecule has 23 nitrogen and oxygen atoms in total. The molecular weight excluding hydrogens is 1060 g/mol. The summed E-state index contributed by atoms with van der Waals surface area (Å²) in [5.74, 6) is 0.608. The highest BCUT2D eigenvalue weighted by molar-refractivity contribution is 5.93. The monoisotopic (exact) mass is 1140 g/mol. The average molecular weight is 1140 g/mol. The molecule has 1 atom stereocenters. The largest absolute Gasteiger partial charge is 0.507 e. The number of nitrogens with zero attached hydrogens (tertiary/aromatic N) is 10. The minimum atomic E-state index is -0.900. The van der Waals surface area contributed by atoms with Gasteiger partial charge in [-0.3, -0.25) is 42.9 Å². The van der Waals surface area contributed by atoms with Gasteiger partial charge in [0.25, 0.3) is 11.8 Å². The Morgan fingerprint density at radius 2 is 0.964 bits per heavy atom. The number of aromatic hydroxyl groups is 2. The Labute approximate surface area is 484 Å². The van der Waals surface area contributed by atoms with Crippen molar-refractivity contribution in [2.75, 3.05) is 86.2 Å². The second-order valence-corrected chi connectivity index (χ2v) is 21.4. The molecule has 6 aromatic rings. The molecule has 4 aromatic carbocycles. The van der Waals surface area contributed by atoms with Gasteiger partial charge in [0, 0.05) is 121 Å². The zero-order valence-electron chi connectivity index (χ0n) is 48.8. The van der Waals surface area contributed by atoms with Crippen molar-refractivity contribution >= 4 is 29.5 Å². The summed E-state index contributed by atoms with van der Waals surface area (Å²) in [6.45, 7) is 18.7. The van der Waals surface area contributed by atoms with E-state index < -0.39 is 23.8 Å². The van der Waals surface area contributed by atoms with Gasteiger partial charge in [-0.1, -0.05) is 52.0 Å². The number of aromatic nitrogens is 6. The standard InChI is InChI=1S/C60H78N14O9/c1-9-62-59(80)56-67-65-54(45-31-43(37(3)4)50(82-7)33-48(45)75)73(56)41-15-11-39(12-16-41)35-69-23-27-71(28-24-69)52(77)20-19-47(61)58(79)64-22-21-53(78)72-29-25-70(26-30-72)36-40-13-17-42(18-14-40)74-55(66-68-57(74)60(81)63-10-2)46-32-44(38(5)6)51(83-8)34-49(46)76/h11-18,31-34,37-38,47,75-76H,9-10,19-30,35-36,61H2,1-8H3,(H,62,80)(H,63,81)(H,64,79)/t47-/m1/s1. The maximum Gasteiger partial charge on any atom is 0.289 e. The lowest BCUT2D eigenvalue weighted by atomic mass is 9.98. The molecule has 7 N–H and O–H groups in total. The van der Waals surface area contributed by atoms with Crippen molar-refractivity contribution in [2.24, 2.45) is 5.73 Å². The lowest BCUT2D eigenvalue weighted by Gasteiger charge is -2.35. The second-order valence-electron chi connectivity index (χ2n) is 21.4. The van der Waals surface area contributed by atoms with E-state index in [4.69, 9.17) is 15.2 Å². The van der Waals surface area contributed by atoms with Gasteiger partial charge >= 0.3 is 0 Å². The number of piperazine rings is 2. The Morgan fingerprint density at radius 1 is 0.566 bits per heavy atom. The average Bonchev–Trinajstić information content (AvgIpc) is 4.18. The van der Waals surface area contributed by atoms with Gasteiger partial charge in [-0.15, -0.1) is 20.4 Å². The third-order valence-electron chi connectivity index (χ3n) is 15.1. The van der Waals surface area contributed by atoms with E-state index in [1.54, 1.807) is 45.3 Å². The number of phenols is 2. The van der Waals surface area contributed by atoms with Gasteiger partial charge in [-0.2, -0.15) is 0 Å². The molecule has 23 heteroatoms. The highest BCUT2D eigenvalue weighted by Crippen LogP contribution is 2.40. The van der Waals surface area contributed by atoms with Crippen molar-refractivity contribution in [3.63, 3.8) is 0 Å². The quantitative estimate of drug-likeness (QED) is 0.0495. The zero-order valence-corrected chi connectivity index (χ0v) is 48.8. The van der Waals surface area contributed by atoms with Crippen LogP contribution in [0.4, 0.5) is 0 Å². The van der Waals surface area contributed by atoms with E-state index in [9.17, 15) is 34.2 Å². The summed E-state index contributed by atoms with van der Waals surface area (Å²) in [6.07, 6.45) is 0.423. The minimum Gasteiger partial charge on any atom is -0.507 e. The van der Waals surface area contributed by atoms with Gasteiger partial charge < -0.3 is 51.2 Å². The molecule has 0 spiro atoms. The van der Waals surface area contributed by atoms with Crippen LogP contribution in [-0.2, 0) is 27.5 Å². The van der Waals surface area contributed by atoms with E-state index in [2.05, 4.69) is 46.1 Å². The van der Waals surface area contributed by atoms with Crippen molar-refractivity contribution in [1.29, 1.82) is 0 Å². The molecule has 0 aliphatic carbocycles. The number of ether oxygens (including phenoxy) is 2. The number of hydrogen-bond donors (Lipinski definition) is 6. The molecule has 0 bridgehead atoms. The summed E-state index contributed by atoms with van der Waals surface area (Å²) in [5.41, 5.74) is 12.2. The summed E-state index contributed by atoms with van der Waals surface area (Å²) in [6, 6.07) is 21.3. The minimum absolute atomic E-state index is 0.0541. The molecule has 2 aromatic heterocycles. The molecule has 0 unspecified atom stereocenters. The fourth-order valence-electron chi connectivity index (χ4n) is 10.4. The van der Waals surface area contributed by atoms with E-state index in [0.29, 0.717) is 124 Å². The molecule has 4 heterocycles. The number of carbonyl (C=O) groups is 5. The Kier molecular flexibility index (Phi) is 20.2. The molecule has 8 rings (SSSR count). The van der Waals surface area contributed by atoms with Crippen molar-refractivity contribution in [2.45, 2.75) is 91.8 Å². The van der Waals surface area contributed by atoms with E-state index in [-0.39, 0.29) is 72.6 Å². The predicted molar refractivity (Wildman–Crippen MR) is 313 cm³/mol. The van der Waals surface area contributed by atoms with Crippen molar-refractivity contribution < 1.29 is 43.7 Å². The Hall–Kier alpha value is -8.41. The second kappa shape index (κ2) is 27.6. The van der Waals surface area contributed by atoms with Crippen LogP contribution in [0.25, 0.3) is 34.2 Å². The first kappa shape index (κ1) is 60.7. The van der Waals surface area contributed by atoms with Gasteiger partial charge in [-0.25, -0.2) is 0 Å². The zero-order chi connectivity index (χ0) is 59.5. The van der Waals surface area contributed by atoms with E-state index in [1.807, 2.05) is 102 Å². The van der Waals surface area contributed by atoms with Gasteiger partial charge in [0.15, 0.2) is 11.6 Å². The van der Waals surface area contributed by atoms with Crippen LogP contribution in [0.5, 0.6) is 23.0 Å². The van der Waals surface area contributed by atoms with Crippen LogP contribution >= 0.6 is 0 Å². The highest BCUT2D eigenvalue weighted by Gasteiger charge is 2.29. The fraction of sp³-hybridized carbons (Fsp3) is 0.450. The van der Waals surface area contributed by atoms with Crippen LogP contribution in [0.2, 0.25) is 0 Å². The van der Waals surface area contributed by atoms with Gasteiger partial charge in [0.05, 0.1) is 31.4 Å². The van der Waals surface area contributed by atoms with Crippen molar-refractivity contribution in [3.8, 4) is 57.1 Å². The van der Waals surface area contributed by atoms with Crippen molar-refractivity contribution in [1.82, 2.24) is 65.1 Å². The number of carbonyl (C=O) groups excluding carboxylic acids is 5. The third kappa shape index (κ3) is 14.3. The summed E-state index contributed by atoms with van der Waals surface area (Å²) in [7, 11) is 3.11. The topological polar surface area (TPSA) is 281 Å². The Morgan fingerprint density at radius 3 is 1.34 bits per heavy atom. The number of methoxy groups -OCH3 is 2. The molecular formula is C60H78N14O9. The SMILES string of the molecule is CCNC(=O)c1nnc(-c2cc(C(C)C)c(OC)cc2O)n1-c1ccc(CN2CCN(C(=O)CCNC(=O)[C@H](N)CCC(=O)N3CCN(Cc4ccc(-n5c(C(=O)NCC)nnc5-c5cc(C(C)C)c(OC)cc5O)cc4)CC3)CC2)cc1. The molecule has 2 fully saturated rings. The van der Waals surface area contributed by atoms with Crippen molar-refractivity contribution in [3.05, 3.63) is 107 Å². The molecule has 0 saturated carbocycles. The number of nitrogens with one attached hydrogen (secondary N) is 3. The molecule has 0 radical (unpaired) electrons. The van der Waals surface area contributed by atoms with Crippen LogP contribution < -0.4 is 31.2 Å². The molecule has 83 heavy (non-hydrogen) atoms. The number of nitrogens with two attached hydrogens (primary N) is 1. The van der Waals surface area contributed by atoms with Gasteiger partial charge in [0.1, 0.15) is 23.0 Å². The molecule has 2 aliphatic heterocycles. The number of hydrogen-bond acceptors (Lipinski definition) is 16. The molecule has 2 saturated heterocycles. The lowest BCUT2D eigenvalue weighted by Crippen LogP contribution is -2.49. The molecule has 5 amide bonds. The normalized spacial score (nSPS) is 14.4. The summed E-state index contributed by atoms with van der Waals surface area (Å²) >= 11 is 0. The Bertz CT molecular complexity index is 3250. The summed E-state index contributed by atoms with van der Waals surface area (Å²) in [5, 5.41) is 47.8. The van der Waals surface area contributed by atoms with Crippen LogP contribution in [0.1, 0.15) is 116 Å². The van der Waals surface area contributed by atoms with Crippen LogP contribution in [0, 0.1) is 0 Å². The first-order valence-electron chi connectivity index (χ1n) is 28.4. The molecule has 2 aliphatic rings. The number of rotatable bonds is 23. The van der Waals surface area contributed by atoms with Gasteiger partial charge in [0.2, 0.25) is 29.4 Å².